The van der Waals surface area contributed by atoms with Gasteiger partial charge in [-0.25, -0.2) is 0 Å². The van der Waals surface area contributed by atoms with Gasteiger partial charge in [0, 0.05) is 62.7 Å². The number of benzene rings is 2. The van der Waals surface area contributed by atoms with Crippen LogP contribution < -0.4 is 10.2 Å². The fourth-order valence-corrected chi connectivity index (χ4v) is 4.23. The average Bonchev–Trinajstić information content (AvgIpc) is 2.85. The maximum Gasteiger partial charge on any atom is 0.270 e. The molecule has 0 spiro atoms. The number of nitrogens with zero attached hydrogens (tertiary/aromatic N) is 4. The summed E-state index contributed by atoms with van der Waals surface area (Å²) in [6, 6.07) is 14.4. The number of nitrogens with one attached hydrogen (secondary N) is 1. The van der Waals surface area contributed by atoms with Crippen LogP contribution in [0.2, 0.25) is 0 Å². The molecule has 1 atom stereocenters. The summed E-state index contributed by atoms with van der Waals surface area (Å²) in [5, 5.41) is 13.8. The highest BCUT2D eigenvalue weighted by atomic mass is 16.6. The summed E-state index contributed by atoms with van der Waals surface area (Å²) in [7, 11) is 0. The van der Waals surface area contributed by atoms with Crippen LogP contribution >= 0.6 is 0 Å². The van der Waals surface area contributed by atoms with Gasteiger partial charge in [-0.1, -0.05) is 24.3 Å². The number of amides is 3. The molecule has 33 heavy (non-hydrogen) atoms. The van der Waals surface area contributed by atoms with Gasteiger partial charge in [0.1, 0.15) is 6.04 Å². The van der Waals surface area contributed by atoms with Gasteiger partial charge in [0.05, 0.1) is 11.3 Å². The molecular formula is C23H25N5O5. The third-order valence-electron chi connectivity index (χ3n) is 6.02. The molecule has 1 unspecified atom stereocenters. The molecule has 0 bridgehead atoms. The van der Waals surface area contributed by atoms with Crippen LogP contribution in [-0.4, -0.2) is 77.8 Å². The molecule has 0 aromatic heterocycles. The standard InChI is InChI=1S/C23H25N5O5/c29-21(26-13-11-25(12-14-26)18-6-2-1-3-7-18)16-20-22(30)24-9-10-27(20)23(31)17-5-4-8-19(15-17)28(32)33/h1-8,15,20H,9-14,16H2,(H,24,30). The molecule has 2 aromatic rings. The number of para-hydroxylation sites is 1. The maximum atomic E-state index is 13.1. The first-order chi connectivity index (χ1) is 15.9. The second-order valence-electron chi connectivity index (χ2n) is 8.02. The van der Waals surface area contributed by atoms with Crippen LogP contribution in [-0.2, 0) is 9.59 Å². The van der Waals surface area contributed by atoms with E-state index in [0.717, 1.165) is 5.69 Å². The molecule has 0 saturated carbocycles. The molecule has 172 valence electrons. The Morgan fingerprint density at radius 2 is 1.73 bits per heavy atom. The van der Waals surface area contributed by atoms with Gasteiger partial charge in [0.2, 0.25) is 11.8 Å². The Kier molecular flexibility index (Phi) is 6.53. The number of hydrogen-bond donors (Lipinski definition) is 1. The Morgan fingerprint density at radius 3 is 2.42 bits per heavy atom. The lowest BCUT2D eigenvalue weighted by atomic mass is 10.0. The van der Waals surface area contributed by atoms with Crippen molar-refractivity contribution < 1.29 is 19.3 Å². The molecule has 1 N–H and O–H groups in total. The number of carbonyl (C=O) groups excluding carboxylic acids is 3. The second-order valence-corrected chi connectivity index (χ2v) is 8.02. The fraction of sp³-hybridized carbons (Fsp3) is 0.348. The van der Waals surface area contributed by atoms with E-state index in [4.69, 9.17) is 0 Å². The van der Waals surface area contributed by atoms with Crippen LogP contribution in [0.15, 0.2) is 54.6 Å². The molecule has 2 heterocycles. The van der Waals surface area contributed by atoms with Crippen molar-refractivity contribution in [2.75, 3.05) is 44.2 Å². The first-order valence-electron chi connectivity index (χ1n) is 10.8. The van der Waals surface area contributed by atoms with Gasteiger partial charge < -0.3 is 20.0 Å². The molecule has 2 aliphatic heterocycles. The number of anilines is 1. The lowest BCUT2D eigenvalue weighted by Gasteiger charge is -2.38. The van der Waals surface area contributed by atoms with E-state index in [-0.39, 0.29) is 36.7 Å². The SMILES string of the molecule is O=C1NCCN(C(=O)c2cccc([N+](=O)[O-])c2)C1CC(=O)N1CCN(c2ccccc2)CC1. The third kappa shape index (κ3) is 4.94. The predicted octanol–water partition coefficient (Wildman–Crippen LogP) is 1.27. The van der Waals surface area contributed by atoms with Crippen LogP contribution in [0.25, 0.3) is 0 Å². The topological polar surface area (TPSA) is 116 Å². The minimum atomic E-state index is -0.954. The summed E-state index contributed by atoms with van der Waals surface area (Å²) in [5.74, 6) is -1.09. The first-order valence-corrected chi connectivity index (χ1v) is 10.8. The van der Waals surface area contributed by atoms with Gasteiger partial charge in [-0.2, -0.15) is 0 Å². The van der Waals surface area contributed by atoms with Gasteiger partial charge in [0.15, 0.2) is 0 Å². The number of hydrogen-bond acceptors (Lipinski definition) is 6. The van der Waals surface area contributed by atoms with Gasteiger partial charge in [0.25, 0.3) is 11.6 Å². The number of rotatable bonds is 5. The summed E-state index contributed by atoms with van der Waals surface area (Å²) in [5.41, 5.74) is 1.02. The van der Waals surface area contributed by atoms with Gasteiger partial charge in [-0.3, -0.25) is 24.5 Å². The van der Waals surface area contributed by atoms with Crippen molar-refractivity contribution in [2.24, 2.45) is 0 Å². The molecule has 2 aliphatic rings. The molecule has 3 amide bonds. The van der Waals surface area contributed by atoms with E-state index in [9.17, 15) is 24.5 Å². The van der Waals surface area contributed by atoms with E-state index < -0.39 is 22.8 Å². The van der Waals surface area contributed by atoms with E-state index in [1.54, 1.807) is 4.90 Å². The third-order valence-corrected chi connectivity index (χ3v) is 6.02. The van der Waals surface area contributed by atoms with E-state index in [0.29, 0.717) is 26.2 Å². The van der Waals surface area contributed by atoms with E-state index in [1.807, 2.05) is 30.3 Å². The average molecular weight is 451 g/mol. The Bertz CT molecular complexity index is 1050. The fourth-order valence-electron chi connectivity index (χ4n) is 4.23. The predicted molar refractivity (Wildman–Crippen MR) is 121 cm³/mol. The molecule has 0 radical (unpaired) electrons. The largest absolute Gasteiger partial charge is 0.368 e. The van der Waals surface area contributed by atoms with Gasteiger partial charge in [-0.15, -0.1) is 0 Å². The Hall–Kier alpha value is -3.95. The Balaban J connectivity index is 1.42. The second kappa shape index (κ2) is 9.68. The maximum absolute atomic E-state index is 13.1. The summed E-state index contributed by atoms with van der Waals surface area (Å²) in [6.07, 6.45) is -0.127. The van der Waals surface area contributed by atoms with Gasteiger partial charge >= 0.3 is 0 Å². The van der Waals surface area contributed by atoms with E-state index in [1.165, 1.54) is 29.2 Å². The highest BCUT2D eigenvalue weighted by molar-refractivity contribution is 6.00. The van der Waals surface area contributed by atoms with Crippen molar-refractivity contribution in [2.45, 2.75) is 12.5 Å². The quantitative estimate of drug-likeness (QED) is 0.541. The summed E-state index contributed by atoms with van der Waals surface area (Å²) < 4.78 is 0. The molecule has 10 heteroatoms. The Morgan fingerprint density at radius 1 is 1.00 bits per heavy atom. The zero-order chi connectivity index (χ0) is 23.4. The van der Waals surface area contributed by atoms with Crippen molar-refractivity contribution in [1.29, 1.82) is 0 Å². The number of piperazine rings is 2. The summed E-state index contributed by atoms with van der Waals surface area (Å²) >= 11 is 0. The molecule has 2 saturated heterocycles. The molecule has 0 aliphatic carbocycles. The van der Waals surface area contributed by atoms with E-state index in [2.05, 4.69) is 10.2 Å². The van der Waals surface area contributed by atoms with Crippen molar-refractivity contribution in [3.63, 3.8) is 0 Å². The minimum Gasteiger partial charge on any atom is -0.368 e. The number of non-ortho nitro benzene ring substituents is 1. The minimum absolute atomic E-state index is 0.118. The van der Waals surface area contributed by atoms with Crippen LogP contribution in [0, 0.1) is 10.1 Å². The number of nitro benzene ring substituents is 1. The number of nitro groups is 1. The molecule has 2 aromatic carbocycles. The van der Waals surface area contributed by atoms with Crippen LogP contribution in [0.1, 0.15) is 16.8 Å². The van der Waals surface area contributed by atoms with E-state index >= 15 is 0 Å². The smallest absolute Gasteiger partial charge is 0.270 e. The van der Waals surface area contributed by atoms with Crippen molar-refractivity contribution in [3.8, 4) is 0 Å². The van der Waals surface area contributed by atoms with Crippen molar-refractivity contribution in [1.82, 2.24) is 15.1 Å². The highest BCUT2D eigenvalue weighted by Crippen LogP contribution is 2.20. The zero-order valence-corrected chi connectivity index (χ0v) is 18.1. The normalized spacial score (nSPS) is 18.6. The monoisotopic (exact) mass is 451 g/mol. The molecule has 4 rings (SSSR count). The Labute approximate surface area is 190 Å². The lowest BCUT2D eigenvalue weighted by Crippen LogP contribution is -2.59. The first kappa shape index (κ1) is 22.3. The highest BCUT2D eigenvalue weighted by Gasteiger charge is 2.37. The number of carbonyl (C=O) groups is 3. The van der Waals surface area contributed by atoms with Crippen LogP contribution in [0.5, 0.6) is 0 Å². The molecule has 2 fully saturated rings. The summed E-state index contributed by atoms with van der Waals surface area (Å²) in [4.78, 5) is 54.4. The van der Waals surface area contributed by atoms with Crippen molar-refractivity contribution in [3.05, 3.63) is 70.3 Å². The van der Waals surface area contributed by atoms with Crippen LogP contribution in [0.4, 0.5) is 11.4 Å². The van der Waals surface area contributed by atoms with Gasteiger partial charge in [-0.05, 0) is 18.2 Å². The molecule has 10 nitrogen and oxygen atoms in total. The zero-order valence-electron chi connectivity index (χ0n) is 18.1. The lowest BCUT2D eigenvalue weighted by molar-refractivity contribution is -0.384. The van der Waals surface area contributed by atoms with Crippen molar-refractivity contribution >= 4 is 29.1 Å². The molecular weight excluding hydrogens is 426 g/mol. The van der Waals surface area contributed by atoms with Crippen LogP contribution in [0.3, 0.4) is 0 Å². The summed E-state index contributed by atoms with van der Waals surface area (Å²) in [6.45, 7) is 2.92.